The lowest BCUT2D eigenvalue weighted by atomic mass is 9.67. The normalized spacial score (nSPS) is 33.9. The smallest absolute Gasteiger partial charge is 0.341 e. The van der Waals surface area contributed by atoms with E-state index in [1.165, 1.54) is 4.90 Å². The van der Waals surface area contributed by atoms with E-state index in [1.54, 1.807) is 0 Å². The second kappa shape index (κ2) is 9.92. The van der Waals surface area contributed by atoms with Crippen molar-refractivity contribution < 1.29 is 22.8 Å². The van der Waals surface area contributed by atoms with E-state index in [4.69, 9.17) is 0 Å². The van der Waals surface area contributed by atoms with E-state index < -0.39 is 17.5 Å². The molecule has 2 bridgehead atoms. The summed E-state index contributed by atoms with van der Waals surface area (Å²) in [5, 5.41) is 0. The van der Waals surface area contributed by atoms with Crippen LogP contribution < -0.4 is 0 Å². The highest BCUT2D eigenvalue weighted by molar-refractivity contribution is 5.85. The highest BCUT2D eigenvalue weighted by Crippen LogP contribution is 2.55. The van der Waals surface area contributed by atoms with E-state index in [9.17, 15) is 22.8 Å². The van der Waals surface area contributed by atoms with Crippen LogP contribution in [0.3, 0.4) is 0 Å². The van der Waals surface area contributed by atoms with Crippen LogP contribution in [0.15, 0.2) is 30.3 Å². The van der Waals surface area contributed by atoms with Gasteiger partial charge in [0.15, 0.2) is 0 Å². The molecule has 4 heterocycles. The SMILES string of the molecule is CCN1CC2(CC3CCC(C2)N3C[C@H]2CN(C(=O)C3(C(F)(F)F)CCC3)CC2c2ccccc2)N(C(C)C)C1=O. The summed E-state index contributed by atoms with van der Waals surface area (Å²) >= 11 is 0. The van der Waals surface area contributed by atoms with Crippen molar-refractivity contribution in [3.63, 3.8) is 0 Å². The van der Waals surface area contributed by atoms with Gasteiger partial charge in [0.2, 0.25) is 5.91 Å². The maximum atomic E-state index is 14.1. The third kappa shape index (κ3) is 4.24. The summed E-state index contributed by atoms with van der Waals surface area (Å²) in [6.07, 6.45) is -0.192. The summed E-state index contributed by atoms with van der Waals surface area (Å²) in [4.78, 5) is 35.0. The molecule has 1 saturated carbocycles. The van der Waals surface area contributed by atoms with Gasteiger partial charge >= 0.3 is 12.2 Å². The number of halogens is 3. The van der Waals surface area contributed by atoms with E-state index in [-0.39, 0.29) is 42.3 Å². The van der Waals surface area contributed by atoms with Crippen LogP contribution in [0.5, 0.6) is 0 Å². The number of likely N-dealkylation sites (tertiary alicyclic amines) is 1. The minimum atomic E-state index is -4.50. The Hall–Kier alpha value is -2.29. The number of fused-ring (bicyclic) bond motifs is 2. The number of rotatable bonds is 6. The number of hydrogen-bond acceptors (Lipinski definition) is 3. The van der Waals surface area contributed by atoms with Crippen molar-refractivity contribution in [1.82, 2.24) is 19.6 Å². The maximum absolute atomic E-state index is 14.1. The molecule has 0 N–H and O–H groups in total. The molecule has 0 aromatic heterocycles. The Morgan fingerprint density at radius 1 is 1.05 bits per heavy atom. The van der Waals surface area contributed by atoms with Crippen molar-refractivity contribution in [1.29, 1.82) is 0 Å². The molecule has 9 heteroatoms. The molecule has 0 radical (unpaired) electrons. The fourth-order valence-corrected chi connectivity index (χ4v) is 8.93. The molecule has 5 aliphatic rings. The summed E-state index contributed by atoms with van der Waals surface area (Å²) in [5.74, 6) is -0.624. The van der Waals surface area contributed by atoms with Gasteiger partial charge in [0, 0.05) is 56.8 Å². The molecule has 220 valence electrons. The van der Waals surface area contributed by atoms with Crippen LogP contribution in [0.2, 0.25) is 0 Å². The molecule has 1 aromatic carbocycles. The molecule has 4 saturated heterocycles. The second-order valence-electron chi connectivity index (χ2n) is 13.4. The molecule has 6 nitrogen and oxygen atoms in total. The first-order valence-corrected chi connectivity index (χ1v) is 15.2. The third-order valence-electron chi connectivity index (χ3n) is 10.9. The van der Waals surface area contributed by atoms with Crippen molar-refractivity contribution in [3.8, 4) is 0 Å². The summed E-state index contributed by atoms with van der Waals surface area (Å²) in [5.41, 5.74) is -1.24. The van der Waals surface area contributed by atoms with Crippen molar-refractivity contribution in [2.75, 3.05) is 32.7 Å². The zero-order chi connectivity index (χ0) is 28.4. The van der Waals surface area contributed by atoms with Gasteiger partial charge in [-0.05, 0) is 70.8 Å². The molecule has 3 amide bonds. The predicted octanol–water partition coefficient (Wildman–Crippen LogP) is 5.49. The number of alkyl halides is 3. The van der Waals surface area contributed by atoms with E-state index in [0.29, 0.717) is 38.1 Å². The van der Waals surface area contributed by atoms with E-state index in [0.717, 1.165) is 44.3 Å². The van der Waals surface area contributed by atoms with Crippen LogP contribution in [0.4, 0.5) is 18.0 Å². The number of amides is 3. The van der Waals surface area contributed by atoms with Gasteiger partial charge in [0.25, 0.3) is 0 Å². The summed E-state index contributed by atoms with van der Waals surface area (Å²) in [6, 6.07) is 11.0. The van der Waals surface area contributed by atoms with Gasteiger partial charge in [-0.25, -0.2) is 4.79 Å². The largest absolute Gasteiger partial charge is 0.403 e. The Balaban J connectivity index is 1.23. The van der Waals surface area contributed by atoms with Crippen LogP contribution in [-0.2, 0) is 4.79 Å². The molecule has 40 heavy (non-hydrogen) atoms. The molecular formula is C31H43F3N4O2. The summed E-state index contributed by atoms with van der Waals surface area (Å²) in [6.45, 7) is 9.25. The van der Waals surface area contributed by atoms with E-state index in [2.05, 4.69) is 35.8 Å². The maximum Gasteiger partial charge on any atom is 0.403 e. The van der Waals surface area contributed by atoms with Gasteiger partial charge in [-0.3, -0.25) is 9.69 Å². The lowest BCUT2D eigenvalue weighted by Crippen LogP contribution is -2.60. The van der Waals surface area contributed by atoms with Crippen LogP contribution >= 0.6 is 0 Å². The average molecular weight is 561 g/mol. The minimum Gasteiger partial charge on any atom is -0.341 e. The summed E-state index contributed by atoms with van der Waals surface area (Å²) in [7, 11) is 0. The van der Waals surface area contributed by atoms with Gasteiger partial charge in [-0.1, -0.05) is 36.8 Å². The summed E-state index contributed by atoms with van der Waals surface area (Å²) < 4.78 is 42.3. The Bertz CT molecular complexity index is 1110. The molecule has 5 fully saturated rings. The first kappa shape index (κ1) is 27.9. The Morgan fingerprint density at radius 3 is 2.23 bits per heavy atom. The Morgan fingerprint density at radius 2 is 1.70 bits per heavy atom. The van der Waals surface area contributed by atoms with Crippen LogP contribution in [0.25, 0.3) is 0 Å². The van der Waals surface area contributed by atoms with Crippen LogP contribution in [0, 0.1) is 11.3 Å². The van der Waals surface area contributed by atoms with E-state index in [1.807, 2.05) is 30.0 Å². The van der Waals surface area contributed by atoms with Gasteiger partial charge in [0.05, 0.1) is 5.54 Å². The third-order valence-corrected chi connectivity index (χ3v) is 10.9. The molecule has 1 spiro atoms. The number of carbonyl (C=O) groups is 2. The Labute approximate surface area is 235 Å². The highest BCUT2D eigenvalue weighted by atomic mass is 19.4. The zero-order valence-corrected chi connectivity index (χ0v) is 24.0. The number of carbonyl (C=O) groups excluding carboxylic acids is 2. The van der Waals surface area contributed by atoms with E-state index >= 15 is 0 Å². The lowest BCUT2D eigenvalue weighted by Gasteiger charge is -2.50. The quantitative estimate of drug-likeness (QED) is 0.462. The van der Waals surface area contributed by atoms with Crippen molar-refractivity contribution in [3.05, 3.63) is 35.9 Å². The number of benzene rings is 1. The van der Waals surface area contributed by atoms with Gasteiger partial charge in [0.1, 0.15) is 5.41 Å². The minimum absolute atomic E-state index is 0.0154. The molecule has 4 atom stereocenters. The van der Waals surface area contributed by atoms with Crippen molar-refractivity contribution in [2.45, 2.75) is 101 Å². The number of piperidine rings is 1. The molecule has 4 aliphatic heterocycles. The number of hydrogen-bond donors (Lipinski definition) is 0. The van der Waals surface area contributed by atoms with Crippen molar-refractivity contribution >= 4 is 11.9 Å². The monoisotopic (exact) mass is 560 g/mol. The Kier molecular flexibility index (Phi) is 6.91. The standard InChI is InChI=1S/C31H43F3N4O2/c1-4-35-20-29(38(21(2)3)28(35)40)15-24-11-12-25(16-29)37(24)18-23-17-36(19-26(23)22-9-6-5-7-10-22)27(39)30(13-8-14-30)31(32,33)34/h5-7,9-10,21,23-26H,4,8,11-20H2,1-3H3/t23-,24?,25?,26?,29?/m1/s1. The number of urea groups is 1. The molecular weight excluding hydrogens is 517 g/mol. The van der Waals surface area contributed by atoms with Gasteiger partial charge in [-0.2, -0.15) is 13.2 Å². The zero-order valence-electron chi connectivity index (χ0n) is 24.0. The molecule has 1 aromatic rings. The van der Waals surface area contributed by atoms with Crippen LogP contribution in [0.1, 0.15) is 77.2 Å². The number of nitrogens with zero attached hydrogens (tertiary/aromatic N) is 4. The molecule has 6 rings (SSSR count). The average Bonchev–Trinajstić information content (AvgIpc) is 3.48. The first-order valence-electron chi connectivity index (χ1n) is 15.2. The number of likely N-dealkylation sites (N-methyl/N-ethyl adjacent to an activating group) is 1. The molecule has 3 unspecified atom stereocenters. The second-order valence-corrected chi connectivity index (χ2v) is 13.4. The predicted molar refractivity (Wildman–Crippen MR) is 147 cm³/mol. The first-order chi connectivity index (χ1) is 19.0. The van der Waals surface area contributed by atoms with Gasteiger partial charge < -0.3 is 14.7 Å². The lowest BCUT2D eigenvalue weighted by molar-refractivity contribution is -0.248. The van der Waals surface area contributed by atoms with Crippen molar-refractivity contribution in [2.24, 2.45) is 11.3 Å². The van der Waals surface area contributed by atoms with Crippen LogP contribution in [-0.4, -0.2) is 94.1 Å². The van der Waals surface area contributed by atoms with Gasteiger partial charge in [-0.15, -0.1) is 0 Å². The fourth-order valence-electron chi connectivity index (χ4n) is 8.93. The molecule has 1 aliphatic carbocycles. The fraction of sp³-hybridized carbons (Fsp3) is 0.742. The highest BCUT2D eigenvalue weighted by Gasteiger charge is 2.65. The topological polar surface area (TPSA) is 47.1 Å².